The average Bonchev–Trinajstić information content (AvgIpc) is 2.26. The normalized spacial score (nSPS) is 47.1. The summed E-state index contributed by atoms with van der Waals surface area (Å²) in [5.41, 5.74) is 6.60. The summed E-state index contributed by atoms with van der Waals surface area (Å²) in [7, 11) is 0. The second-order valence-electron chi connectivity index (χ2n) is 7.44. The molecule has 0 aromatic rings. The van der Waals surface area contributed by atoms with Crippen molar-refractivity contribution < 1.29 is 0 Å². The van der Waals surface area contributed by atoms with Crippen molar-refractivity contribution in [3.8, 4) is 0 Å². The summed E-state index contributed by atoms with van der Waals surface area (Å²) in [5.74, 6) is 3.06. The fraction of sp³-hybridized carbons (Fsp3) is 1.00. The van der Waals surface area contributed by atoms with Gasteiger partial charge in [0.1, 0.15) is 0 Å². The smallest absolute Gasteiger partial charge is 0.0278 e. The summed E-state index contributed by atoms with van der Waals surface area (Å²) in [6.07, 6.45) is 9.98. The summed E-state index contributed by atoms with van der Waals surface area (Å²) in [6, 6.07) is 0. The highest BCUT2D eigenvalue weighted by Gasteiger charge is 2.52. The molecule has 2 heteroatoms. The van der Waals surface area contributed by atoms with Gasteiger partial charge in [-0.1, -0.05) is 6.92 Å². The Morgan fingerprint density at radius 2 is 1.59 bits per heavy atom. The van der Waals surface area contributed by atoms with Gasteiger partial charge in [0.2, 0.25) is 0 Å². The molecule has 0 aromatic carbocycles. The van der Waals surface area contributed by atoms with Gasteiger partial charge in [0.15, 0.2) is 0 Å². The van der Waals surface area contributed by atoms with Crippen LogP contribution in [0.1, 0.15) is 58.8 Å². The zero-order valence-electron chi connectivity index (χ0n) is 11.5. The van der Waals surface area contributed by atoms with Gasteiger partial charge in [0.25, 0.3) is 0 Å². The topological polar surface area (TPSA) is 38.0 Å². The van der Waals surface area contributed by atoms with Gasteiger partial charge in [0, 0.05) is 17.6 Å². The first kappa shape index (κ1) is 12.0. The summed E-state index contributed by atoms with van der Waals surface area (Å²) in [6.45, 7) is 5.34. The highest BCUT2D eigenvalue weighted by Crippen LogP contribution is 2.56. The van der Waals surface area contributed by atoms with E-state index < -0.39 is 0 Å². The van der Waals surface area contributed by atoms with Crippen molar-refractivity contribution in [1.29, 1.82) is 0 Å². The van der Waals surface area contributed by atoms with Crippen LogP contribution in [0.25, 0.3) is 0 Å². The first-order chi connectivity index (χ1) is 8.06. The van der Waals surface area contributed by atoms with E-state index in [2.05, 4.69) is 19.2 Å². The van der Waals surface area contributed by atoms with Crippen LogP contribution in [0.4, 0.5) is 0 Å². The maximum atomic E-state index is 5.98. The Kier molecular flexibility index (Phi) is 2.79. The number of rotatable bonds is 4. The molecule has 0 saturated heterocycles. The monoisotopic (exact) mass is 236 g/mol. The van der Waals surface area contributed by atoms with Gasteiger partial charge >= 0.3 is 0 Å². The number of nitrogens with two attached hydrogens (primary N) is 1. The van der Waals surface area contributed by atoms with E-state index in [4.69, 9.17) is 5.73 Å². The molecule has 1 unspecified atom stereocenters. The maximum Gasteiger partial charge on any atom is 0.0278 e. The molecule has 0 heterocycles. The Hall–Kier alpha value is -0.0800. The second kappa shape index (κ2) is 3.96. The summed E-state index contributed by atoms with van der Waals surface area (Å²) < 4.78 is 0. The lowest BCUT2D eigenvalue weighted by molar-refractivity contribution is -0.0338. The highest BCUT2D eigenvalue weighted by atomic mass is 15.1. The van der Waals surface area contributed by atoms with Crippen LogP contribution in [0.2, 0.25) is 0 Å². The maximum absolute atomic E-state index is 5.98. The van der Waals surface area contributed by atoms with Crippen LogP contribution < -0.4 is 11.1 Å². The molecule has 4 saturated carbocycles. The minimum atomic E-state index is 0.158. The minimum absolute atomic E-state index is 0.158. The third-order valence-corrected chi connectivity index (χ3v) is 5.84. The molecule has 4 fully saturated rings. The van der Waals surface area contributed by atoms with E-state index >= 15 is 0 Å². The molecule has 17 heavy (non-hydrogen) atoms. The van der Waals surface area contributed by atoms with Gasteiger partial charge in [-0.15, -0.1) is 0 Å². The molecule has 3 N–H and O–H groups in total. The van der Waals surface area contributed by atoms with Crippen LogP contribution in [-0.2, 0) is 0 Å². The predicted molar refractivity (Wildman–Crippen MR) is 71.8 cm³/mol. The number of hydrogen-bond acceptors (Lipinski definition) is 2. The van der Waals surface area contributed by atoms with Gasteiger partial charge in [-0.25, -0.2) is 0 Å². The first-order valence-corrected chi connectivity index (χ1v) is 7.56. The van der Waals surface area contributed by atoms with E-state index in [0.717, 1.165) is 30.7 Å². The SMILES string of the molecule is CCC(C)(CN)NC12CC3CC(CC(C3)C1)C2. The lowest BCUT2D eigenvalue weighted by atomic mass is 9.52. The van der Waals surface area contributed by atoms with Crippen LogP contribution in [0.15, 0.2) is 0 Å². The van der Waals surface area contributed by atoms with Crippen molar-refractivity contribution in [1.82, 2.24) is 5.32 Å². The molecule has 0 aromatic heterocycles. The number of hydrogen-bond donors (Lipinski definition) is 2. The molecule has 4 rings (SSSR count). The molecule has 2 nitrogen and oxygen atoms in total. The van der Waals surface area contributed by atoms with E-state index in [0.29, 0.717) is 5.54 Å². The molecule has 4 bridgehead atoms. The van der Waals surface area contributed by atoms with E-state index in [9.17, 15) is 0 Å². The standard InChI is InChI=1S/C15H28N2/c1-3-14(2,10-16)17-15-7-11-4-12(8-15)6-13(5-11)9-15/h11-13,17H,3-10,16H2,1-2H3. The summed E-state index contributed by atoms with van der Waals surface area (Å²) in [5, 5.41) is 4.01. The average molecular weight is 236 g/mol. The Morgan fingerprint density at radius 3 is 1.94 bits per heavy atom. The van der Waals surface area contributed by atoms with Gasteiger partial charge in [-0.05, 0) is 69.6 Å². The predicted octanol–water partition coefficient (Wildman–Crippen LogP) is 2.67. The van der Waals surface area contributed by atoms with Crippen molar-refractivity contribution in [3.05, 3.63) is 0 Å². The van der Waals surface area contributed by atoms with Crippen LogP contribution in [0.3, 0.4) is 0 Å². The van der Waals surface area contributed by atoms with Gasteiger partial charge in [-0.3, -0.25) is 0 Å². The number of nitrogens with one attached hydrogen (secondary N) is 1. The molecule has 98 valence electrons. The van der Waals surface area contributed by atoms with E-state index in [1.807, 2.05) is 0 Å². The molecular weight excluding hydrogens is 208 g/mol. The fourth-order valence-corrected chi connectivity index (χ4v) is 5.19. The molecule has 4 aliphatic rings. The molecule has 1 atom stereocenters. The van der Waals surface area contributed by atoms with Gasteiger partial charge in [0.05, 0.1) is 0 Å². The Labute approximate surface area is 106 Å². The van der Waals surface area contributed by atoms with Crippen molar-refractivity contribution >= 4 is 0 Å². The fourth-order valence-electron chi connectivity index (χ4n) is 5.19. The lowest BCUT2D eigenvalue weighted by Crippen LogP contribution is -2.65. The largest absolute Gasteiger partial charge is 0.329 e. The zero-order chi connectivity index (χ0) is 12.1. The Morgan fingerprint density at radius 1 is 1.12 bits per heavy atom. The first-order valence-electron chi connectivity index (χ1n) is 7.56. The third-order valence-electron chi connectivity index (χ3n) is 5.84. The molecule has 4 aliphatic carbocycles. The molecule has 0 radical (unpaired) electrons. The van der Waals surface area contributed by atoms with Crippen molar-refractivity contribution in [3.63, 3.8) is 0 Å². The molecule has 0 spiro atoms. The van der Waals surface area contributed by atoms with Crippen LogP contribution in [0, 0.1) is 17.8 Å². The van der Waals surface area contributed by atoms with E-state index in [1.54, 1.807) is 0 Å². The van der Waals surface area contributed by atoms with Gasteiger partial charge in [-0.2, -0.15) is 0 Å². The van der Waals surface area contributed by atoms with Crippen LogP contribution >= 0.6 is 0 Å². The molecular formula is C15H28N2. The molecule has 0 aliphatic heterocycles. The van der Waals surface area contributed by atoms with Crippen LogP contribution in [-0.4, -0.2) is 17.6 Å². The summed E-state index contributed by atoms with van der Waals surface area (Å²) >= 11 is 0. The third kappa shape index (κ3) is 2.04. The van der Waals surface area contributed by atoms with Crippen LogP contribution in [0.5, 0.6) is 0 Å². The van der Waals surface area contributed by atoms with Gasteiger partial charge < -0.3 is 11.1 Å². The van der Waals surface area contributed by atoms with Crippen molar-refractivity contribution in [2.45, 2.75) is 69.9 Å². The summed E-state index contributed by atoms with van der Waals surface area (Å²) in [4.78, 5) is 0. The lowest BCUT2D eigenvalue weighted by Gasteiger charge is -2.59. The van der Waals surface area contributed by atoms with Crippen molar-refractivity contribution in [2.24, 2.45) is 23.5 Å². The quantitative estimate of drug-likeness (QED) is 0.787. The van der Waals surface area contributed by atoms with E-state index in [-0.39, 0.29) is 5.54 Å². The van der Waals surface area contributed by atoms with E-state index in [1.165, 1.54) is 38.5 Å². The highest BCUT2D eigenvalue weighted by molar-refractivity contribution is 5.09. The zero-order valence-corrected chi connectivity index (χ0v) is 11.5. The molecule has 0 amide bonds. The Bertz CT molecular complexity index is 258. The Balaban J connectivity index is 1.78. The minimum Gasteiger partial charge on any atom is -0.329 e. The van der Waals surface area contributed by atoms with Crippen molar-refractivity contribution in [2.75, 3.05) is 6.54 Å². The second-order valence-corrected chi connectivity index (χ2v) is 7.44.